The summed E-state index contributed by atoms with van der Waals surface area (Å²) in [6, 6.07) is 7.80. The van der Waals surface area contributed by atoms with Gasteiger partial charge in [-0.05, 0) is 19.1 Å². The zero-order valence-electron chi connectivity index (χ0n) is 18.4. The van der Waals surface area contributed by atoms with E-state index >= 15 is 0 Å². The van der Waals surface area contributed by atoms with Gasteiger partial charge in [0.15, 0.2) is 11.2 Å². The second-order valence-corrected chi connectivity index (χ2v) is 8.07. The van der Waals surface area contributed by atoms with Crippen LogP contribution in [0.3, 0.4) is 0 Å². The van der Waals surface area contributed by atoms with Crippen LogP contribution in [-0.4, -0.2) is 67.4 Å². The number of fused-ring (bicyclic) bond motifs is 3. The molecule has 168 valence electrons. The monoisotopic (exact) mass is 438 g/mol. The zero-order chi connectivity index (χ0) is 22.4. The van der Waals surface area contributed by atoms with Gasteiger partial charge >= 0.3 is 5.69 Å². The van der Waals surface area contributed by atoms with Crippen LogP contribution < -0.4 is 16.0 Å². The molecule has 0 bridgehead atoms. The van der Waals surface area contributed by atoms with Crippen molar-refractivity contribution in [3.05, 3.63) is 57.0 Å². The third-order valence-corrected chi connectivity index (χ3v) is 6.00. The first-order chi connectivity index (χ1) is 15.5. The summed E-state index contributed by atoms with van der Waals surface area (Å²) in [6.07, 6.45) is 1.86. The molecule has 0 unspecified atom stereocenters. The molecule has 10 heteroatoms. The summed E-state index contributed by atoms with van der Waals surface area (Å²) >= 11 is 0. The maximum atomic E-state index is 12.8. The van der Waals surface area contributed by atoms with Crippen LogP contribution in [0.15, 0.2) is 40.1 Å². The number of hydrogen-bond acceptors (Lipinski definition) is 6. The van der Waals surface area contributed by atoms with E-state index in [0.717, 1.165) is 54.5 Å². The van der Waals surface area contributed by atoms with Gasteiger partial charge in [0.1, 0.15) is 12.4 Å². The maximum Gasteiger partial charge on any atom is 0.332 e. The molecule has 0 spiro atoms. The Hall–Kier alpha value is -3.37. The molecule has 5 rings (SSSR count). The molecule has 0 N–H and O–H groups in total. The quantitative estimate of drug-likeness (QED) is 0.456. The molecule has 1 aliphatic rings. The molecule has 0 aliphatic carbocycles. The van der Waals surface area contributed by atoms with Crippen LogP contribution in [0.5, 0.6) is 5.75 Å². The number of rotatable bonds is 5. The lowest BCUT2D eigenvalue weighted by molar-refractivity contribution is 0.0322. The van der Waals surface area contributed by atoms with E-state index in [1.165, 1.54) is 11.6 Å². The molecule has 4 aromatic rings. The lowest BCUT2D eigenvalue weighted by atomic mass is 10.3. The summed E-state index contributed by atoms with van der Waals surface area (Å²) in [5.74, 6) is 1.34. The second kappa shape index (κ2) is 7.95. The maximum absolute atomic E-state index is 12.8. The van der Waals surface area contributed by atoms with E-state index in [9.17, 15) is 9.59 Å². The van der Waals surface area contributed by atoms with E-state index in [4.69, 9.17) is 9.47 Å². The van der Waals surface area contributed by atoms with E-state index < -0.39 is 5.69 Å². The van der Waals surface area contributed by atoms with Crippen LogP contribution >= 0.6 is 0 Å². The topological polar surface area (TPSA) is 87.9 Å². The lowest BCUT2D eigenvalue weighted by Crippen LogP contribution is -2.38. The summed E-state index contributed by atoms with van der Waals surface area (Å²) in [5.41, 5.74) is 1.76. The molecule has 4 heterocycles. The van der Waals surface area contributed by atoms with Crippen molar-refractivity contribution in [1.82, 2.24) is 28.0 Å². The molecule has 1 saturated heterocycles. The third kappa shape index (κ3) is 3.32. The number of morpholine rings is 1. The lowest BCUT2D eigenvalue weighted by Gasteiger charge is -2.26. The van der Waals surface area contributed by atoms with Gasteiger partial charge in [-0.15, -0.1) is 0 Å². The molecule has 0 atom stereocenters. The fourth-order valence-corrected chi connectivity index (χ4v) is 4.23. The molecule has 1 aromatic carbocycles. The minimum atomic E-state index is -0.401. The Morgan fingerprint density at radius 3 is 2.69 bits per heavy atom. The first kappa shape index (κ1) is 20.5. The molecule has 0 saturated carbocycles. The van der Waals surface area contributed by atoms with Gasteiger partial charge in [0.25, 0.3) is 5.56 Å². The predicted octanol–water partition coefficient (Wildman–Crippen LogP) is 0.695. The van der Waals surface area contributed by atoms with Gasteiger partial charge < -0.3 is 9.47 Å². The number of benzene rings is 1. The van der Waals surface area contributed by atoms with Gasteiger partial charge in [-0.2, -0.15) is 4.98 Å². The minimum Gasteiger partial charge on any atom is -0.492 e. The van der Waals surface area contributed by atoms with E-state index in [1.54, 1.807) is 11.4 Å². The van der Waals surface area contributed by atoms with Gasteiger partial charge in [-0.25, -0.2) is 4.79 Å². The number of ether oxygens (including phenoxy) is 2. The summed E-state index contributed by atoms with van der Waals surface area (Å²) in [6.45, 7) is 6.80. The van der Waals surface area contributed by atoms with Crippen LogP contribution in [-0.2, 0) is 18.8 Å². The SMILES string of the molecule is Cc1cn2c3c(=O)n(C)c(=O)n(C)c3nc2n1-c1cccc(OCCN2CCOCC2)c1. The summed E-state index contributed by atoms with van der Waals surface area (Å²) in [7, 11) is 3.10. The number of aromatic nitrogens is 5. The first-order valence-corrected chi connectivity index (χ1v) is 10.6. The average molecular weight is 438 g/mol. The van der Waals surface area contributed by atoms with Crippen molar-refractivity contribution < 1.29 is 9.47 Å². The number of hydrogen-bond donors (Lipinski definition) is 0. The second-order valence-electron chi connectivity index (χ2n) is 8.07. The van der Waals surface area contributed by atoms with Crippen molar-refractivity contribution >= 4 is 16.9 Å². The Balaban J connectivity index is 1.51. The smallest absolute Gasteiger partial charge is 0.332 e. The highest BCUT2D eigenvalue weighted by Gasteiger charge is 2.20. The molecule has 0 radical (unpaired) electrons. The normalized spacial score (nSPS) is 15.1. The predicted molar refractivity (Wildman–Crippen MR) is 120 cm³/mol. The van der Waals surface area contributed by atoms with E-state index in [1.807, 2.05) is 42.0 Å². The molecule has 32 heavy (non-hydrogen) atoms. The van der Waals surface area contributed by atoms with Gasteiger partial charge in [-0.3, -0.25) is 27.8 Å². The van der Waals surface area contributed by atoms with E-state index in [-0.39, 0.29) is 5.56 Å². The first-order valence-electron chi connectivity index (χ1n) is 10.6. The van der Waals surface area contributed by atoms with E-state index in [0.29, 0.717) is 23.5 Å². The van der Waals surface area contributed by atoms with Crippen LogP contribution in [0.2, 0.25) is 0 Å². The van der Waals surface area contributed by atoms with Gasteiger partial charge in [0, 0.05) is 51.7 Å². The molecule has 1 aliphatic heterocycles. The summed E-state index contributed by atoms with van der Waals surface area (Å²) in [4.78, 5) is 32.1. The Kier molecular flexibility index (Phi) is 5.10. The molecule has 1 fully saturated rings. The number of nitrogens with zero attached hydrogens (tertiary/aromatic N) is 6. The standard InChI is InChI=1S/C22H26N6O4/c1-15-14-27-18-19(24(2)22(30)25(3)20(18)29)23-21(27)28(15)16-5-4-6-17(13-16)32-12-9-26-7-10-31-11-8-26/h4-6,13-14H,7-12H2,1-3H3. The third-order valence-electron chi connectivity index (χ3n) is 6.00. The van der Waals surface area contributed by atoms with Crippen molar-refractivity contribution in [2.45, 2.75) is 6.92 Å². The number of aryl methyl sites for hydroxylation is 2. The minimum absolute atomic E-state index is 0.361. The van der Waals surface area contributed by atoms with Crippen molar-refractivity contribution in [1.29, 1.82) is 0 Å². The number of imidazole rings is 2. The molecule has 0 amide bonds. The molecule has 3 aromatic heterocycles. The molecule has 10 nitrogen and oxygen atoms in total. The van der Waals surface area contributed by atoms with Gasteiger partial charge in [0.05, 0.1) is 18.9 Å². The van der Waals surface area contributed by atoms with Crippen LogP contribution in [0.25, 0.3) is 22.6 Å². The largest absolute Gasteiger partial charge is 0.492 e. The van der Waals surface area contributed by atoms with Crippen LogP contribution in [0.1, 0.15) is 5.69 Å². The Morgan fingerprint density at radius 1 is 1.12 bits per heavy atom. The van der Waals surface area contributed by atoms with Gasteiger partial charge in [0.2, 0.25) is 5.78 Å². The Bertz CT molecular complexity index is 1420. The van der Waals surface area contributed by atoms with Crippen LogP contribution in [0, 0.1) is 6.92 Å². The fraction of sp³-hybridized carbons (Fsp3) is 0.409. The fourth-order valence-electron chi connectivity index (χ4n) is 4.23. The Morgan fingerprint density at radius 2 is 1.91 bits per heavy atom. The van der Waals surface area contributed by atoms with E-state index in [2.05, 4.69) is 9.88 Å². The summed E-state index contributed by atoms with van der Waals surface area (Å²) < 4.78 is 17.6. The van der Waals surface area contributed by atoms with Crippen molar-refractivity contribution in [3.8, 4) is 11.4 Å². The van der Waals surface area contributed by atoms with Crippen molar-refractivity contribution in [2.75, 3.05) is 39.5 Å². The van der Waals surface area contributed by atoms with Crippen LogP contribution in [0.4, 0.5) is 0 Å². The van der Waals surface area contributed by atoms with Gasteiger partial charge in [-0.1, -0.05) is 6.07 Å². The Labute approximate surface area is 183 Å². The highest BCUT2D eigenvalue weighted by Crippen LogP contribution is 2.23. The highest BCUT2D eigenvalue weighted by atomic mass is 16.5. The van der Waals surface area contributed by atoms with Crippen molar-refractivity contribution in [3.63, 3.8) is 0 Å². The highest BCUT2D eigenvalue weighted by molar-refractivity contribution is 5.76. The summed E-state index contributed by atoms with van der Waals surface area (Å²) in [5, 5.41) is 0. The molecular formula is C22H26N6O4. The van der Waals surface area contributed by atoms with Crippen molar-refractivity contribution in [2.24, 2.45) is 14.1 Å². The molecular weight excluding hydrogens is 412 g/mol. The average Bonchev–Trinajstić information content (AvgIpc) is 3.31. The zero-order valence-corrected chi connectivity index (χ0v) is 18.4.